The van der Waals surface area contributed by atoms with Crippen LogP contribution in [0.4, 0.5) is 5.69 Å². The Labute approximate surface area is 187 Å². The third-order valence-electron chi connectivity index (χ3n) is 5.61. The molecule has 0 radical (unpaired) electrons. The molecule has 0 bridgehead atoms. The van der Waals surface area contributed by atoms with E-state index in [4.69, 9.17) is 0 Å². The molecule has 10 nitrogen and oxygen atoms in total. The second-order valence-electron chi connectivity index (χ2n) is 7.97. The number of carbonyl (C=O) groups is 1. The molecule has 4 heterocycles. The first-order chi connectivity index (χ1) is 15.8. The molecule has 1 aromatic carbocycles. The van der Waals surface area contributed by atoms with Gasteiger partial charge in [0.2, 0.25) is 5.91 Å². The number of hydrogen-bond acceptors (Lipinski definition) is 5. The molecule has 0 spiro atoms. The normalized spacial score (nSPS) is 11.4. The first-order valence-electron chi connectivity index (χ1n) is 10.3. The van der Waals surface area contributed by atoms with Gasteiger partial charge in [0.15, 0.2) is 11.2 Å². The average molecular weight is 443 g/mol. The van der Waals surface area contributed by atoms with Crippen molar-refractivity contribution in [2.45, 2.75) is 13.5 Å². The maximum atomic E-state index is 12.6. The van der Waals surface area contributed by atoms with Crippen LogP contribution in [0.25, 0.3) is 28.1 Å². The van der Waals surface area contributed by atoms with Crippen LogP contribution in [0, 0.1) is 6.92 Å². The van der Waals surface area contributed by atoms with Gasteiger partial charge < -0.3 is 14.3 Å². The number of nitrogens with one attached hydrogen (secondary N) is 1. The van der Waals surface area contributed by atoms with Gasteiger partial charge in [-0.1, -0.05) is 12.1 Å². The first-order valence-corrected chi connectivity index (χ1v) is 10.3. The summed E-state index contributed by atoms with van der Waals surface area (Å²) < 4.78 is 5.69. The van der Waals surface area contributed by atoms with Gasteiger partial charge in [-0.15, -0.1) is 0 Å². The number of anilines is 1. The van der Waals surface area contributed by atoms with Crippen LogP contribution in [0.1, 0.15) is 5.56 Å². The standard InChI is InChI=1S/C23H21N7O3/c1-14-8-9-29-11-17(26-18(29)10-14)15-4-6-16(7-5-15)25-19(31)12-30-13-24-21-20(30)22(32)28(3)23(33)27(21)2/h4-11,13H,12H2,1-3H3,(H,25,31). The SMILES string of the molecule is Cc1ccn2cc(-c3ccc(NC(=O)Cn4cnc5c4c(=O)n(C)c(=O)n5C)cc3)nc2c1. The molecule has 33 heavy (non-hydrogen) atoms. The first kappa shape index (κ1) is 20.4. The fourth-order valence-corrected chi connectivity index (χ4v) is 3.82. The molecule has 1 amide bonds. The predicted octanol–water partition coefficient (Wildman–Crippen LogP) is 1.70. The lowest BCUT2D eigenvalue weighted by molar-refractivity contribution is -0.116. The molecule has 4 aromatic heterocycles. The van der Waals surface area contributed by atoms with E-state index in [-0.39, 0.29) is 23.6 Å². The van der Waals surface area contributed by atoms with Gasteiger partial charge in [0.25, 0.3) is 5.56 Å². The van der Waals surface area contributed by atoms with E-state index in [1.165, 1.54) is 29.6 Å². The van der Waals surface area contributed by atoms with Gasteiger partial charge in [0, 0.05) is 37.7 Å². The van der Waals surface area contributed by atoms with Gasteiger partial charge in [0.1, 0.15) is 12.2 Å². The number of benzene rings is 1. The number of nitrogens with zero attached hydrogens (tertiary/aromatic N) is 6. The number of rotatable bonds is 4. The maximum Gasteiger partial charge on any atom is 0.332 e. The van der Waals surface area contributed by atoms with E-state index in [0.29, 0.717) is 5.69 Å². The monoisotopic (exact) mass is 443 g/mol. The van der Waals surface area contributed by atoms with Crippen LogP contribution >= 0.6 is 0 Å². The number of imidazole rings is 2. The Hall–Kier alpha value is -4.47. The van der Waals surface area contributed by atoms with Crippen LogP contribution in [-0.2, 0) is 25.4 Å². The molecule has 1 N–H and O–H groups in total. The minimum Gasteiger partial charge on any atom is -0.325 e. The number of amides is 1. The van der Waals surface area contributed by atoms with Gasteiger partial charge in [-0.3, -0.25) is 18.7 Å². The minimum atomic E-state index is -0.495. The van der Waals surface area contributed by atoms with Gasteiger partial charge in [0.05, 0.1) is 12.0 Å². The highest BCUT2D eigenvalue weighted by Crippen LogP contribution is 2.22. The Balaban J connectivity index is 1.35. The van der Waals surface area contributed by atoms with Gasteiger partial charge in [-0.25, -0.2) is 14.8 Å². The van der Waals surface area contributed by atoms with Crippen molar-refractivity contribution >= 4 is 28.4 Å². The summed E-state index contributed by atoms with van der Waals surface area (Å²) in [6.07, 6.45) is 5.32. The molecule has 0 aliphatic carbocycles. The molecule has 5 rings (SSSR count). The van der Waals surface area contributed by atoms with Crippen LogP contribution < -0.4 is 16.6 Å². The summed E-state index contributed by atoms with van der Waals surface area (Å²) in [5, 5.41) is 2.83. The van der Waals surface area contributed by atoms with Crippen molar-refractivity contribution in [3.8, 4) is 11.3 Å². The van der Waals surface area contributed by atoms with Crippen LogP contribution in [0.3, 0.4) is 0 Å². The average Bonchev–Trinajstić information content (AvgIpc) is 3.40. The van der Waals surface area contributed by atoms with Crippen LogP contribution in [0.5, 0.6) is 0 Å². The van der Waals surface area contributed by atoms with E-state index in [2.05, 4.69) is 15.3 Å². The molecule has 0 fully saturated rings. The maximum absolute atomic E-state index is 12.6. The number of aromatic nitrogens is 6. The summed E-state index contributed by atoms with van der Waals surface area (Å²) in [7, 11) is 2.93. The molecule has 0 unspecified atom stereocenters. The van der Waals surface area contributed by atoms with Crippen molar-refractivity contribution in [1.29, 1.82) is 0 Å². The summed E-state index contributed by atoms with van der Waals surface area (Å²) in [4.78, 5) is 46.0. The van der Waals surface area contributed by atoms with E-state index in [1.807, 2.05) is 48.0 Å². The third kappa shape index (κ3) is 3.51. The second kappa shape index (κ2) is 7.59. The van der Waals surface area contributed by atoms with Crippen molar-refractivity contribution < 1.29 is 4.79 Å². The number of carbonyl (C=O) groups excluding carboxylic acids is 1. The van der Waals surface area contributed by atoms with Crippen molar-refractivity contribution in [3.63, 3.8) is 0 Å². The molecule has 5 aromatic rings. The van der Waals surface area contributed by atoms with Crippen molar-refractivity contribution in [2.24, 2.45) is 14.1 Å². The van der Waals surface area contributed by atoms with E-state index in [1.54, 1.807) is 12.1 Å². The van der Waals surface area contributed by atoms with E-state index >= 15 is 0 Å². The summed E-state index contributed by atoms with van der Waals surface area (Å²) in [5.74, 6) is -0.318. The molecular formula is C23H21N7O3. The summed E-state index contributed by atoms with van der Waals surface area (Å²) >= 11 is 0. The van der Waals surface area contributed by atoms with Crippen molar-refractivity contribution in [2.75, 3.05) is 5.32 Å². The van der Waals surface area contributed by atoms with Gasteiger partial charge in [-0.05, 0) is 36.8 Å². The zero-order valence-corrected chi connectivity index (χ0v) is 18.3. The van der Waals surface area contributed by atoms with Crippen LogP contribution in [0.2, 0.25) is 0 Å². The lowest BCUT2D eigenvalue weighted by Gasteiger charge is -2.08. The van der Waals surface area contributed by atoms with Crippen molar-refractivity contribution in [1.82, 2.24) is 28.1 Å². The molecule has 0 saturated heterocycles. The third-order valence-corrected chi connectivity index (χ3v) is 5.61. The number of hydrogen-bond donors (Lipinski definition) is 1. The van der Waals surface area contributed by atoms with E-state index in [9.17, 15) is 14.4 Å². The highest BCUT2D eigenvalue weighted by molar-refractivity contribution is 5.91. The fourth-order valence-electron chi connectivity index (χ4n) is 3.82. The largest absolute Gasteiger partial charge is 0.332 e. The minimum absolute atomic E-state index is 0.114. The second-order valence-corrected chi connectivity index (χ2v) is 7.97. The summed E-state index contributed by atoms with van der Waals surface area (Å²) in [5.41, 5.74) is 3.88. The smallest absolute Gasteiger partial charge is 0.325 e. The topological polar surface area (TPSA) is 108 Å². The Morgan fingerprint density at radius 2 is 1.82 bits per heavy atom. The lowest BCUT2D eigenvalue weighted by Crippen LogP contribution is -2.37. The van der Waals surface area contributed by atoms with Crippen LogP contribution in [-0.4, -0.2) is 34.0 Å². The molecular weight excluding hydrogens is 422 g/mol. The van der Waals surface area contributed by atoms with E-state index in [0.717, 1.165) is 27.0 Å². The highest BCUT2D eigenvalue weighted by atomic mass is 16.2. The van der Waals surface area contributed by atoms with Crippen LogP contribution in [0.15, 0.2) is 64.7 Å². The summed E-state index contributed by atoms with van der Waals surface area (Å²) in [6, 6.07) is 11.4. The molecule has 0 aliphatic rings. The highest BCUT2D eigenvalue weighted by Gasteiger charge is 2.16. The zero-order chi connectivity index (χ0) is 23.3. The molecule has 0 atom stereocenters. The van der Waals surface area contributed by atoms with E-state index < -0.39 is 11.2 Å². The zero-order valence-electron chi connectivity index (χ0n) is 18.3. The molecule has 166 valence electrons. The Morgan fingerprint density at radius 3 is 2.58 bits per heavy atom. The molecule has 0 saturated carbocycles. The summed E-state index contributed by atoms with van der Waals surface area (Å²) in [6.45, 7) is 1.91. The van der Waals surface area contributed by atoms with Gasteiger partial charge in [-0.2, -0.15) is 0 Å². The number of fused-ring (bicyclic) bond motifs is 2. The Kier molecular flexibility index (Phi) is 4.70. The molecule has 0 aliphatic heterocycles. The fraction of sp³-hybridized carbons (Fsp3) is 0.174. The quantitative estimate of drug-likeness (QED) is 0.455. The predicted molar refractivity (Wildman–Crippen MR) is 124 cm³/mol. The Bertz CT molecular complexity index is 1650. The number of aryl methyl sites for hydroxylation is 2. The molecule has 10 heteroatoms. The van der Waals surface area contributed by atoms with Crippen molar-refractivity contribution in [3.05, 3.63) is 81.5 Å². The lowest BCUT2D eigenvalue weighted by atomic mass is 10.1. The Morgan fingerprint density at radius 1 is 1.06 bits per heavy atom. The van der Waals surface area contributed by atoms with Gasteiger partial charge >= 0.3 is 5.69 Å². The number of pyridine rings is 1.